The number of rotatable bonds is 2. The minimum atomic E-state index is -4.50. The van der Waals surface area contributed by atoms with Gasteiger partial charge >= 0.3 is 6.18 Å². The Morgan fingerprint density at radius 3 is 3.00 bits per heavy atom. The minimum Gasteiger partial charge on any atom is -0.352 e. The maximum absolute atomic E-state index is 12.4. The van der Waals surface area contributed by atoms with Crippen molar-refractivity contribution in [1.29, 1.82) is 0 Å². The van der Waals surface area contributed by atoms with Gasteiger partial charge in [-0.15, -0.1) is 0 Å². The van der Waals surface area contributed by atoms with Crippen LogP contribution < -0.4 is 5.32 Å². The van der Waals surface area contributed by atoms with Gasteiger partial charge in [0.05, 0.1) is 17.9 Å². The van der Waals surface area contributed by atoms with Gasteiger partial charge < -0.3 is 5.32 Å². The minimum absolute atomic E-state index is 0.0831. The Bertz CT molecular complexity index is 576. The molecule has 2 aromatic heterocycles. The highest BCUT2D eigenvalue weighted by Gasteiger charge is 2.36. The standard InChI is InChI=1S/C10H10F3N5S/c11-10(12,13)8-16-9(19-18-8)15-6-3-1-2-5-4-14-17-7(5)6/h4,6H,1-3H2,(H,14,17)(H,15,16,18). The zero-order chi connectivity index (χ0) is 13.5. The summed E-state index contributed by atoms with van der Waals surface area (Å²) in [5.74, 6) is -1.10. The third-order valence-electron chi connectivity index (χ3n) is 3.02. The van der Waals surface area contributed by atoms with Crippen LogP contribution in [0.2, 0.25) is 0 Å². The molecule has 0 bridgehead atoms. The molecule has 0 aromatic carbocycles. The topological polar surface area (TPSA) is 66.5 Å². The van der Waals surface area contributed by atoms with Crippen LogP contribution in [0.4, 0.5) is 18.3 Å². The smallest absolute Gasteiger partial charge is 0.352 e. The fourth-order valence-corrected chi connectivity index (χ4v) is 2.79. The molecule has 0 saturated heterocycles. The van der Waals surface area contributed by atoms with Crippen LogP contribution in [0.5, 0.6) is 0 Å². The molecule has 19 heavy (non-hydrogen) atoms. The third kappa shape index (κ3) is 2.42. The second kappa shape index (κ2) is 4.48. The Kier molecular flexibility index (Phi) is 2.92. The number of hydrogen-bond acceptors (Lipinski definition) is 5. The summed E-state index contributed by atoms with van der Waals surface area (Å²) in [7, 11) is 0. The Labute approximate surface area is 110 Å². The van der Waals surface area contributed by atoms with Crippen molar-refractivity contribution in [1.82, 2.24) is 19.6 Å². The Morgan fingerprint density at radius 2 is 2.26 bits per heavy atom. The number of nitrogens with one attached hydrogen (secondary N) is 2. The summed E-state index contributed by atoms with van der Waals surface area (Å²) in [6.45, 7) is 0. The summed E-state index contributed by atoms with van der Waals surface area (Å²) < 4.78 is 40.5. The van der Waals surface area contributed by atoms with Gasteiger partial charge in [-0.2, -0.15) is 27.6 Å². The van der Waals surface area contributed by atoms with Crippen molar-refractivity contribution in [3.63, 3.8) is 0 Å². The molecule has 102 valence electrons. The predicted octanol–water partition coefficient (Wildman–Crippen LogP) is 2.77. The van der Waals surface area contributed by atoms with E-state index in [1.807, 2.05) is 0 Å². The molecule has 0 amide bonds. The van der Waals surface area contributed by atoms with Crippen LogP contribution in [0.15, 0.2) is 6.20 Å². The quantitative estimate of drug-likeness (QED) is 0.892. The van der Waals surface area contributed by atoms with Gasteiger partial charge in [-0.05, 0) is 24.8 Å². The summed E-state index contributed by atoms with van der Waals surface area (Å²) in [4.78, 5) is 3.47. The molecular weight excluding hydrogens is 279 g/mol. The molecule has 3 rings (SSSR count). The molecule has 1 aliphatic rings. The van der Waals surface area contributed by atoms with E-state index in [-0.39, 0.29) is 11.2 Å². The van der Waals surface area contributed by atoms with E-state index >= 15 is 0 Å². The lowest BCUT2D eigenvalue weighted by Crippen LogP contribution is -2.17. The van der Waals surface area contributed by atoms with E-state index in [0.29, 0.717) is 0 Å². The first-order chi connectivity index (χ1) is 9.04. The van der Waals surface area contributed by atoms with Crippen molar-refractivity contribution in [3.05, 3.63) is 23.3 Å². The van der Waals surface area contributed by atoms with Gasteiger partial charge in [0.2, 0.25) is 11.0 Å². The van der Waals surface area contributed by atoms with Crippen molar-refractivity contribution in [2.24, 2.45) is 0 Å². The first-order valence-electron chi connectivity index (χ1n) is 5.73. The number of anilines is 1. The number of aryl methyl sites for hydroxylation is 1. The van der Waals surface area contributed by atoms with Gasteiger partial charge in [-0.25, -0.2) is 0 Å². The van der Waals surface area contributed by atoms with Crippen LogP contribution in [0.25, 0.3) is 0 Å². The molecule has 1 atom stereocenters. The SMILES string of the molecule is FC(F)(F)c1nsc(NC2CCCc3cn[nH]c32)n1. The van der Waals surface area contributed by atoms with Crippen LogP contribution in [-0.4, -0.2) is 19.6 Å². The highest BCUT2D eigenvalue weighted by Crippen LogP contribution is 2.33. The van der Waals surface area contributed by atoms with Gasteiger partial charge in [0, 0.05) is 11.5 Å². The van der Waals surface area contributed by atoms with E-state index in [1.165, 1.54) is 0 Å². The average Bonchev–Trinajstić information content (AvgIpc) is 2.96. The molecular formula is C10H10F3N5S. The molecule has 0 fully saturated rings. The third-order valence-corrected chi connectivity index (χ3v) is 3.66. The van der Waals surface area contributed by atoms with Gasteiger partial charge in [0.1, 0.15) is 0 Å². The van der Waals surface area contributed by atoms with Crippen molar-refractivity contribution < 1.29 is 13.2 Å². The summed E-state index contributed by atoms with van der Waals surface area (Å²) in [6, 6.07) is -0.0831. The molecule has 0 saturated carbocycles. The molecule has 2 aromatic rings. The highest BCUT2D eigenvalue weighted by molar-refractivity contribution is 7.09. The normalized spacial score (nSPS) is 19.2. The number of H-pyrrole nitrogens is 1. The first kappa shape index (κ1) is 12.4. The molecule has 0 radical (unpaired) electrons. The van der Waals surface area contributed by atoms with Gasteiger partial charge in [-0.1, -0.05) is 0 Å². The van der Waals surface area contributed by atoms with Crippen LogP contribution >= 0.6 is 11.5 Å². The monoisotopic (exact) mass is 289 g/mol. The Balaban J connectivity index is 1.78. The van der Waals surface area contributed by atoms with E-state index in [0.717, 1.165) is 42.1 Å². The second-order valence-corrected chi connectivity index (χ2v) is 5.07. The molecule has 9 heteroatoms. The van der Waals surface area contributed by atoms with E-state index in [1.54, 1.807) is 6.20 Å². The van der Waals surface area contributed by atoms with Crippen LogP contribution in [0.3, 0.4) is 0 Å². The van der Waals surface area contributed by atoms with Gasteiger partial charge in [0.15, 0.2) is 0 Å². The van der Waals surface area contributed by atoms with E-state index in [9.17, 15) is 13.2 Å². The fourth-order valence-electron chi connectivity index (χ4n) is 2.15. The lowest BCUT2D eigenvalue weighted by Gasteiger charge is -2.22. The number of aromatic amines is 1. The largest absolute Gasteiger partial charge is 0.452 e. The highest BCUT2D eigenvalue weighted by atomic mass is 32.1. The van der Waals surface area contributed by atoms with E-state index in [2.05, 4.69) is 24.9 Å². The fraction of sp³-hybridized carbons (Fsp3) is 0.500. The first-order valence-corrected chi connectivity index (χ1v) is 6.51. The number of alkyl halides is 3. The van der Waals surface area contributed by atoms with Crippen LogP contribution in [0.1, 0.15) is 36.0 Å². The molecule has 1 unspecified atom stereocenters. The summed E-state index contributed by atoms with van der Waals surface area (Å²) in [5, 5.41) is 10.0. The maximum Gasteiger partial charge on any atom is 0.452 e. The molecule has 0 aliphatic heterocycles. The number of halogens is 3. The van der Waals surface area contributed by atoms with Crippen molar-refractivity contribution in [2.45, 2.75) is 31.5 Å². The number of hydrogen-bond donors (Lipinski definition) is 2. The predicted molar refractivity (Wildman–Crippen MR) is 62.8 cm³/mol. The van der Waals surface area contributed by atoms with Crippen LogP contribution in [0, 0.1) is 0 Å². The zero-order valence-corrected chi connectivity index (χ0v) is 10.5. The van der Waals surface area contributed by atoms with Crippen molar-refractivity contribution in [2.75, 3.05) is 5.32 Å². The maximum atomic E-state index is 12.4. The van der Waals surface area contributed by atoms with Gasteiger partial charge in [0.25, 0.3) is 0 Å². The molecule has 1 aliphatic carbocycles. The number of aromatic nitrogens is 4. The number of fused-ring (bicyclic) bond motifs is 1. The van der Waals surface area contributed by atoms with Crippen molar-refractivity contribution >= 4 is 16.7 Å². The molecule has 0 spiro atoms. The van der Waals surface area contributed by atoms with E-state index < -0.39 is 12.0 Å². The second-order valence-electron chi connectivity index (χ2n) is 4.32. The molecule has 2 heterocycles. The summed E-state index contributed by atoms with van der Waals surface area (Å²) in [6.07, 6.45) is -0.00818. The summed E-state index contributed by atoms with van der Waals surface area (Å²) >= 11 is 0.721. The Morgan fingerprint density at radius 1 is 1.42 bits per heavy atom. The zero-order valence-electron chi connectivity index (χ0n) is 9.66. The van der Waals surface area contributed by atoms with Crippen molar-refractivity contribution in [3.8, 4) is 0 Å². The van der Waals surface area contributed by atoms with Gasteiger partial charge in [-0.3, -0.25) is 5.10 Å². The van der Waals surface area contributed by atoms with Crippen LogP contribution in [-0.2, 0) is 12.6 Å². The summed E-state index contributed by atoms with van der Waals surface area (Å²) in [5.41, 5.74) is 2.03. The Hall–Kier alpha value is -1.64. The lowest BCUT2D eigenvalue weighted by atomic mass is 9.94. The molecule has 2 N–H and O–H groups in total. The molecule has 5 nitrogen and oxygen atoms in total. The van der Waals surface area contributed by atoms with E-state index in [4.69, 9.17) is 0 Å². The lowest BCUT2D eigenvalue weighted by molar-refractivity contribution is -0.144. The average molecular weight is 289 g/mol. The number of nitrogens with zero attached hydrogens (tertiary/aromatic N) is 3.